The number of carbonyl (C=O) groups is 1. The van der Waals surface area contributed by atoms with Crippen LogP contribution in [0.2, 0.25) is 0 Å². The number of nitrogens with one attached hydrogen (secondary N) is 2. The summed E-state index contributed by atoms with van der Waals surface area (Å²) in [6.07, 6.45) is 9.41. The lowest BCUT2D eigenvalue weighted by Gasteiger charge is -2.30. The Labute approximate surface area is 171 Å². The third-order valence-corrected chi connectivity index (χ3v) is 6.36. The summed E-state index contributed by atoms with van der Waals surface area (Å²) in [7, 11) is 7.31. The monoisotopic (exact) mass is 395 g/mol. The number of aliphatic imine (C=N–C) groups is 1. The summed E-state index contributed by atoms with van der Waals surface area (Å²) >= 11 is 0. The molecule has 1 atom stereocenters. The van der Waals surface area contributed by atoms with Gasteiger partial charge in [-0.15, -0.1) is 0 Å². The highest BCUT2D eigenvalue weighted by molar-refractivity contribution is 5.81. The summed E-state index contributed by atoms with van der Waals surface area (Å²) in [5, 5.41) is 6.98. The lowest BCUT2D eigenvalue weighted by Crippen LogP contribution is -2.45. The van der Waals surface area contributed by atoms with E-state index in [1.807, 2.05) is 21.1 Å². The fourth-order valence-corrected chi connectivity index (χ4v) is 4.61. The van der Waals surface area contributed by atoms with Crippen molar-refractivity contribution in [3.05, 3.63) is 0 Å². The second-order valence-corrected chi connectivity index (χ2v) is 8.58. The van der Waals surface area contributed by atoms with Gasteiger partial charge in [-0.25, -0.2) is 0 Å². The molecule has 1 saturated heterocycles. The quantitative estimate of drug-likeness (QED) is 0.335. The van der Waals surface area contributed by atoms with Crippen LogP contribution in [0.3, 0.4) is 0 Å². The first-order valence-electron chi connectivity index (χ1n) is 10.9. The molecule has 7 nitrogen and oxygen atoms in total. The maximum atomic E-state index is 12.3. The molecule has 1 amide bonds. The Bertz CT molecular complexity index is 503. The Morgan fingerprint density at radius 3 is 2.64 bits per heavy atom. The van der Waals surface area contributed by atoms with Gasteiger partial charge in [0.2, 0.25) is 5.91 Å². The van der Waals surface area contributed by atoms with Gasteiger partial charge in [-0.1, -0.05) is 12.8 Å². The summed E-state index contributed by atoms with van der Waals surface area (Å²) in [5.74, 6) is 1.12. The molecule has 2 aliphatic rings. The molecule has 2 N–H and O–H groups in total. The molecule has 1 saturated carbocycles. The van der Waals surface area contributed by atoms with Gasteiger partial charge >= 0.3 is 0 Å². The molecule has 1 unspecified atom stereocenters. The first-order valence-corrected chi connectivity index (χ1v) is 10.9. The van der Waals surface area contributed by atoms with Crippen molar-refractivity contribution in [1.82, 2.24) is 20.4 Å². The minimum absolute atomic E-state index is 0.0652. The number of guanidine groups is 1. The summed E-state index contributed by atoms with van der Waals surface area (Å²) in [6.45, 7) is 4.63. The smallest absolute Gasteiger partial charge is 0.239 e. The molecule has 0 aromatic carbocycles. The van der Waals surface area contributed by atoms with Crippen LogP contribution in [-0.2, 0) is 9.53 Å². The molecule has 1 aliphatic heterocycles. The molecule has 2 rings (SSSR count). The molecule has 2 fully saturated rings. The summed E-state index contributed by atoms with van der Waals surface area (Å²) in [5.41, 5.74) is 0.350. The molecule has 0 spiro atoms. The number of hydrogen-bond donors (Lipinski definition) is 2. The van der Waals surface area contributed by atoms with E-state index in [-0.39, 0.29) is 11.9 Å². The van der Waals surface area contributed by atoms with Crippen LogP contribution in [-0.4, -0.2) is 88.7 Å². The van der Waals surface area contributed by atoms with E-state index < -0.39 is 0 Å². The predicted octanol–water partition coefficient (Wildman–Crippen LogP) is 1.69. The molecule has 162 valence electrons. The maximum Gasteiger partial charge on any atom is 0.239 e. The van der Waals surface area contributed by atoms with Crippen LogP contribution in [0.15, 0.2) is 4.99 Å². The van der Waals surface area contributed by atoms with Gasteiger partial charge in [0.15, 0.2) is 5.96 Å². The van der Waals surface area contributed by atoms with Crippen molar-refractivity contribution in [2.75, 3.05) is 61.0 Å². The lowest BCUT2D eigenvalue weighted by molar-refractivity contribution is -0.133. The van der Waals surface area contributed by atoms with E-state index in [1.165, 1.54) is 25.7 Å². The number of hydrogen-bond acceptors (Lipinski definition) is 4. The van der Waals surface area contributed by atoms with Crippen molar-refractivity contribution < 1.29 is 9.53 Å². The average Bonchev–Trinajstić information content (AvgIpc) is 3.35. The molecule has 1 aliphatic carbocycles. The molecule has 0 radical (unpaired) electrons. The normalized spacial score (nSPS) is 22.4. The number of likely N-dealkylation sites (N-methyl/N-ethyl adjacent to an activating group) is 1. The van der Waals surface area contributed by atoms with Crippen molar-refractivity contribution in [2.45, 2.75) is 57.4 Å². The fraction of sp³-hybridized carbons (Fsp3) is 0.905. The van der Waals surface area contributed by atoms with Gasteiger partial charge < -0.3 is 20.3 Å². The van der Waals surface area contributed by atoms with E-state index in [4.69, 9.17) is 4.74 Å². The Hall–Kier alpha value is -1.34. The molecular formula is C21H41N5O2. The van der Waals surface area contributed by atoms with Crippen LogP contribution >= 0.6 is 0 Å². The number of carbonyl (C=O) groups excluding carboxylic acids is 1. The molecule has 0 aromatic rings. The third kappa shape index (κ3) is 6.62. The van der Waals surface area contributed by atoms with Gasteiger partial charge in [-0.2, -0.15) is 0 Å². The zero-order valence-corrected chi connectivity index (χ0v) is 18.4. The minimum Gasteiger partial charge on any atom is -0.385 e. The number of likely N-dealkylation sites (tertiary alicyclic amines) is 1. The number of rotatable bonds is 10. The number of nitrogens with zero attached hydrogens (tertiary/aromatic N) is 3. The lowest BCUT2D eigenvalue weighted by atomic mass is 9.83. The number of ether oxygens (including phenoxy) is 1. The number of amides is 1. The highest BCUT2D eigenvalue weighted by Crippen LogP contribution is 2.40. The number of methoxy groups -OCH3 is 1. The van der Waals surface area contributed by atoms with Crippen LogP contribution < -0.4 is 10.6 Å². The minimum atomic E-state index is 0.0652. The zero-order chi connectivity index (χ0) is 20.4. The molecule has 1 heterocycles. The zero-order valence-electron chi connectivity index (χ0n) is 18.4. The van der Waals surface area contributed by atoms with Gasteiger partial charge in [-0.3, -0.25) is 14.7 Å². The topological polar surface area (TPSA) is 69.2 Å². The Kier molecular flexibility index (Phi) is 9.51. The van der Waals surface area contributed by atoms with Crippen LogP contribution in [0.4, 0.5) is 0 Å². The average molecular weight is 396 g/mol. The van der Waals surface area contributed by atoms with Gasteiger partial charge in [0.05, 0.1) is 6.04 Å². The molecule has 28 heavy (non-hydrogen) atoms. The summed E-state index contributed by atoms with van der Waals surface area (Å²) in [6, 6.07) is 0.0652. The molecule has 0 aromatic heterocycles. The second-order valence-electron chi connectivity index (χ2n) is 8.58. The van der Waals surface area contributed by atoms with Gasteiger partial charge in [0.1, 0.15) is 0 Å². The maximum absolute atomic E-state index is 12.3. The third-order valence-electron chi connectivity index (χ3n) is 6.36. The van der Waals surface area contributed by atoms with E-state index in [2.05, 4.69) is 20.5 Å². The highest BCUT2D eigenvalue weighted by Gasteiger charge is 2.33. The van der Waals surface area contributed by atoms with Crippen LogP contribution in [0, 0.1) is 5.41 Å². The van der Waals surface area contributed by atoms with Crippen molar-refractivity contribution in [3.63, 3.8) is 0 Å². The van der Waals surface area contributed by atoms with Crippen molar-refractivity contribution in [1.29, 1.82) is 0 Å². The van der Waals surface area contributed by atoms with Gasteiger partial charge in [0, 0.05) is 54.5 Å². The van der Waals surface area contributed by atoms with E-state index in [0.717, 1.165) is 64.4 Å². The van der Waals surface area contributed by atoms with Crippen molar-refractivity contribution >= 4 is 11.9 Å². The van der Waals surface area contributed by atoms with E-state index >= 15 is 0 Å². The molecule has 7 heteroatoms. The van der Waals surface area contributed by atoms with Crippen LogP contribution in [0.25, 0.3) is 0 Å². The van der Waals surface area contributed by atoms with Crippen molar-refractivity contribution in [3.8, 4) is 0 Å². The summed E-state index contributed by atoms with van der Waals surface area (Å²) in [4.78, 5) is 20.7. The predicted molar refractivity (Wildman–Crippen MR) is 115 cm³/mol. The van der Waals surface area contributed by atoms with Crippen LogP contribution in [0.1, 0.15) is 51.4 Å². The van der Waals surface area contributed by atoms with E-state index in [9.17, 15) is 4.79 Å². The van der Waals surface area contributed by atoms with Crippen LogP contribution in [0.5, 0.6) is 0 Å². The summed E-state index contributed by atoms with van der Waals surface area (Å²) < 4.78 is 5.32. The van der Waals surface area contributed by atoms with Gasteiger partial charge in [-0.05, 0) is 50.5 Å². The first-order chi connectivity index (χ1) is 13.5. The SMILES string of the molecule is CN=C(NCCCN1CCCC1C(=O)N(C)C)NCC1(CCOC)CCCC1. The second kappa shape index (κ2) is 11.6. The Morgan fingerprint density at radius 2 is 2.00 bits per heavy atom. The van der Waals surface area contributed by atoms with E-state index in [0.29, 0.717) is 5.41 Å². The molecular weight excluding hydrogens is 354 g/mol. The van der Waals surface area contributed by atoms with Crippen molar-refractivity contribution in [2.24, 2.45) is 10.4 Å². The Balaban J connectivity index is 1.70. The Morgan fingerprint density at radius 1 is 1.25 bits per heavy atom. The highest BCUT2D eigenvalue weighted by atomic mass is 16.5. The van der Waals surface area contributed by atoms with E-state index in [1.54, 1.807) is 12.0 Å². The largest absolute Gasteiger partial charge is 0.385 e. The standard InChI is InChI=1S/C21H41N5O2/c1-22-20(24-17-21(12-16-28-4)10-5-6-11-21)23-13-8-15-26-14-7-9-18(26)19(27)25(2)3/h18H,5-17H2,1-4H3,(H2,22,23,24). The van der Waals surface area contributed by atoms with Gasteiger partial charge in [0.25, 0.3) is 0 Å². The molecule has 0 bridgehead atoms. The fourth-order valence-electron chi connectivity index (χ4n) is 4.61. The first kappa shape index (κ1) is 22.9.